The lowest BCUT2D eigenvalue weighted by Crippen LogP contribution is -2.13. The quantitative estimate of drug-likeness (QED) is 0.446. The molecule has 0 saturated carbocycles. The highest BCUT2D eigenvalue weighted by atomic mass is 16.5. The summed E-state index contributed by atoms with van der Waals surface area (Å²) in [6.07, 6.45) is 0. The van der Waals surface area contributed by atoms with Gasteiger partial charge >= 0.3 is 0 Å². The third-order valence-electron chi connectivity index (χ3n) is 2.85. The van der Waals surface area contributed by atoms with Crippen LogP contribution in [0.5, 0.6) is 23.0 Å². The van der Waals surface area contributed by atoms with E-state index in [9.17, 15) is 10.2 Å². The lowest BCUT2D eigenvalue weighted by molar-refractivity contribution is 0.302. The Kier molecular flexibility index (Phi) is 4.50. The monoisotopic (exact) mass is 289 g/mol. The zero-order chi connectivity index (χ0) is 15.2. The first-order valence-electron chi connectivity index (χ1n) is 6.14. The normalized spacial score (nSPS) is 11.2. The summed E-state index contributed by atoms with van der Waals surface area (Å²) in [4.78, 5) is 0. The molecule has 0 aliphatic heterocycles. The van der Waals surface area contributed by atoms with E-state index < -0.39 is 0 Å². The van der Waals surface area contributed by atoms with Crippen LogP contribution in [0.4, 0.5) is 0 Å². The Hall–Kier alpha value is -2.89. The predicted molar refractivity (Wildman–Crippen MR) is 76.6 cm³/mol. The number of nitrogens with zero attached hydrogens (tertiary/aromatic N) is 1. The molecule has 6 nitrogen and oxygen atoms in total. The topological polar surface area (TPSA) is 91.5 Å². The maximum Gasteiger partial charge on any atom is 0.161 e. The molecule has 0 amide bonds. The van der Waals surface area contributed by atoms with Gasteiger partial charge in [0.15, 0.2) is 11.5 Å². The van der Waals surface area contributed by atoms with Gasteiger partial charge in [-0.25, -0.2) is 0 Å². The van der Waals surface area contributed by atoms with Crippen molar-refractivity contribution < 1.29 is 24.9 Å². The van der Waals surface area contributed by atoms with Gasteiger partial charge < -0.3 is 24.9 Å². The molecule has 3 N–H and O–H groups in total. The minimum absolute atomic E-state index is 0.0742. The molecular formula is C15H15NO5. The molecule has 0 aliphatic rings. The molecule has 0 aromatic heterocycles. The van der Waals surface area contributed by atoms with E-state index in [0.29, 0.717) is 11.5 Å². The lowest BCUT2D eigenvalue weighted by Gasteiger charge is -2.12. The van der Waals surface area contributed by atoms with E-state index in [4.69, 9.17) is 14.7 Å². The van der Waals surface area contributed by atoms with Crippen LogP contribution >= 0.6 is 0 Å². The van der Waals surface area contributed by atoms with Crippen LogP contribution in [0.3, 0.4) is 0 Å². The fourth-order valence-electron chi connectivity index (χ4n) is 1.81. The fraction of sp³-hybridized carbons (Fsp3) is 0.133. The molecule has 110 valence electrons. The van der Waals surface area contributed by atoms with E-state index >= 15 is 0 Å². The number of methoxy groups -OCH3 is 1. The van der Waals surface area contributed by atoms with Crippen LogP contribution in [0.15, 0.2) is 47.6 Å². The molecule has 0 fully saturated rings. The second kappa shape index (κ2) is 6.51. The first kappa shape index (κ1) is 14.5. The first-order valence-corrected chi connectivity index (χ1v) is 6.14. The van der Waals surface area contributed by atoms with Crippen molar-refractivity contribution in [2.45, 2.75) is 0 Å². The number of hydrogen-bond donors (Lipinski definition) is 3. The molecule has 2 aromatic rings. The van der Waals surface area contributed by atoms with Crippen molar-refractivity contribution in [1.29, 1.82) is 0 Å². The Morgan fingerprint density at radius 1 is 1.10 bits per heavy atom. The lowest BCUT2D eigenvalue weighted by atomic mass is 10.1. The van der Waals surface area contributed by atoms with Gasteiger partial charge in [-0.2, -0.15) is 0 Å². The molecule has 2 rings (SSSR count). The summed E-state index contributed by atoms with van der Waals surface area (Å²) < 4.78 is 10.7. The molecule has 0 unspecified atom stereocenters. The number of phenols is 2. The summed E-state index contributed by atoms with van der Waals surface area (Å²) in [7, 11) is 1.52. The molecule has 0 bridgehead atoms. The van der Waals surface area contributed by atoms with Crippen LogP contribution in [0, 0.1) is 0 Å². The van der Waals surface area contributed by atoms with Crippen molar-refractivity contribution in [2.75, 3.05) is 13.7 Å². The molecule has 0 spiro atoms. The molecule has 0 atom stereocenters. The zero-order valence-electron chi connectivity index (χ0n) is 11.4. The van der Waals surface area contributed by atoms with Gasteiger partial charge in [-0.1, -0.05) is 17.3 Å². The molecule has 0 aliphatic carbocycles. The Morgan fingerprint density at radius 2 is 1.81 bits per heavy atom. The van der Waals surface area contributed by atoms with E-state index in [1.54, 1.807) is 24.3 Å². The van der Waals surface area contributed by atoms with Crippen LogP contribution in [-0.4, -0.2) is 34.8 Å². The van der Waals surface area contributed by atoms with Crippen molar-refractivity contribution in [3.63, 3.8) is 0 Å². The van der Waals surface area contributed by atoms with E-state index in [1.165, 1.54) is 19.2 Å². The number of para-hydroxylation sites is 2. The van der Waals surface area contributed by atoms with Gasteiger partial charge in [-0.05, 0) is 24.3 Å². The third-order valence-corrected chi connectivity index (χ3v) is 2.85. The number of oxime groups is 1. The minimum Gasteiger partial charge on any atom is -0.508 e. The average Bonchev–Trinajstić information content (AvgIpc) is 2.50. The second-order valence-corrected chi connectivity index (χ2v) is 4.19. The van der Waals surface area contributed by atoms with Crippen LogP contribution in [0.25, 0.3) is 0 Å². The Labute approximate surface area is 121 Å². The Balaban J connectivity index is 2.17. The van der Waals surface area contributed by atoms with Gasteiger partial charge in [0.2, 0.25) is 0 Å². The molecule has 21 heavy (non-hydrogen) atoms. The number of benzene rings is 2. The number of rotatable bonds is 5. The highest BCUT2D eigenvalue weighted by Crippen LogP contribution is 2.27. The summed E-state index contributed by atoms with van der Waals surface area (Å²) >= 11 is 0. The molecule has 0 saturated heterocycles. The van der Waals surface area contributed by atoms with E-state index in [2.05, 4.69) is 5.16 Å². The van der Waals surface area contributed by atoms with Crippen LogP contribution in [0.1, 0.15) is 5.56 Å². The van der Waals surface area contributed by atoms with Crippen molar-refractivity contribution in [3.05, 3.63) is 48.0 Å². The first-order chi connectivity index (χ1) is 10.2. The number of hydrogen-bond acceptors (Lipinski definition) is 6. The summed E-state index contributed by atoms with van der Waals surface area (Å²) in [5.41, 5.74) is 0.392. The van der Waals surface area contributed by atoms with Crippen LogP contribution in [0.2, 0.25) is 0 Å². The second-order valence-electron chi connectivity index (χ2n) is 4.19. The van der Waals surface area contributed by atoms with Gasteiger partial charge in [0, 0.05) is 11.6 Å². The highest BCUT2D eigenvalue weighted by molar-refractivity contribution is 6.03. The van der Waals surface area contributed by atoms with Crippen molar-refractivity contribution in [2.24, 2.45) is 5.16 Å². The number of ether oxygens (including phenoxy) is 2. The zero-order valence-corrected chi connectivity index (χ0v) is 11.4. The third kappa shape index (κ3) is 3.36. The number of phenolic OH excluding ortho intramolecular Hbond substituents is 2. The summed E-state index contributed by atoms with van der Waals surface area (Å²) in [6, 6.07) is 11.0. The van der Waals surface area contributed by atoms with Gasteiger partial charge in [0.1, 0.15) is 23.8 Å². The van der Waals surface area contributed by atoms with E-state index in [1.807, 2.05) is 0 Å². The van der Waals surface area contributed by atoms with Crippen molar-refractivity contribution in [3.8, 4) is 23.0 Å². The smallest absolute Gasteiger partial charge is 0.161 e. The molecule has 0 heterocycles. The maximum atomic E-state index is 9.76. The van der Waals surface area contributed by atoms with Crippen LogP contribution in [-0.2, 0) is 0 Å². The standard InChI is InChI=1S/C15H15NO5/c1-20-14-4-2-3-5-15(14)21-9-12(16-19)11-7-6-10(17)8-13(11)18/h2-8,17-19H,9H2,1H3/b16-12-. The molecular weight excluding hydrogens is 274 g/mol. The summed E-state index contributed by atoms with van der Waals surface area (Å²) in [5, 5.41) is 31.2. The van der Waals surface area contributed by atoms with Gasteiger partial charge in [0.25, 0.3) is 0 Å². The predicted octanol–water partition coefficient (Wildman–Crippen LogP) is 2.36. The maximum absolute atomic E-state index is 9.76. The van der Waals surface area contributed by atoms with E-state index in [0.717, 1.165) is 6.07 Å². The van der Waals surface area contributed by atoms with Gasteiger partial charge in [-0.15, -0.1) is 0 Å². The summed E-state index contributed by atoms with van der Waals surface area (Å²) in [5.74, 6) is 0.745. The highest BCUT2D eigenvalue weighted by Gasteiger charge is 2.13. The van der Waals surface area contributed by atoms with Gasteiger partial charge in [0.05, 0.1) is 7.11 Å². The average molecular weight is 289 g/mol. The Morgan fingerprint density at radius 3 is 2.43 bits per heavy atom. The minimum atomic E-state index is -0.202. The van der Waals surface area contributed by atoms with Crippen LogP contribution < -0.4 is 9.47 Å². The van der Waals surface area contributed by atoms with Crippen molar-refractivity contribution in [1.82, 2.24) is 0 Å². The largest absolute Gasteiger partial charge is 0.508 e. The van der Waals surface area contributed by atoms with Crippen molar-refractivity contribution >= 4 is 5.71 Å². The van der Waals surface area contributed by atoms with Gasteiger partial charge in [-0.3, -0.25) is 0 Å². The van der Waals surface area contributed by atoms with E-state index in [-0.39, 0.29) is 29.4 Å². The summed E-state index contributed by atoms with van der Waals surface area (Å²) in [6.45, 7) is -0.0742. The number of aromatic hydroxyl groups is 2. The Bertz CT molecular complexity index is 654. The fourth-order valence-corrected chi connectivity index (χ4v) is 1.81. The molecule has 2 aromatic carbocycles. The SMILES string of the molecule is COc1ccccc1OC/C(=N/O)c1ccc(O)cc1O. The molecule has 6 heteroatoms. The molecule has 0 radical (unpaired) electrons.